The Morgan fingerprint density at radius 1 is 0.889 bits per heavy atom. The quantitative estimate of drug-likeness (QED) is 0.208. The molecule has 3 nitrogen and oxygen atoms in total. The standard InChI is InChI=1S/C31H38F2O3/c1-3-5-21-6-8-22(9-7-21)23-10-12-25(13-11-23)31(34)36-26-16-14-24(15-17-26)27-18-19-28(35-20-4-2)30(33)29(27)32/h4,14-23,25H,3,5-13H2,1-2H3/b20-4+. The number of hydrogen-bond acceptors (Lipinski definition) is 3. The molecule has 2 saturated carbocycles. The van der Waals surface area contributed by atoms with Crippen LogP contribution in [0.2, 0.25) is 0 Å². The van der Waals surface area contributed by atoms with E-state index in [1.807, 2.05) is 0 Å². The first-order valence-electron chi connectivity index (χ1n) is 13.6. The normalized spacial score (nSPS) is 24.6. The number of allylic oxidation sites excluding steroid dienone is 1. The van der Waals surface area contributed by atoms with Crippen molar-refractivity contribution in [1.82, 2.24) is 0 Å². The molecule has 2 aromatic carbocycles. The second-order valence-corrected chi connectivity index (χ2v) is 10.5. The van der Waals surface area contributed by atoms with Gasteiger partial charge in [0.25, 0.3) is 0 Å². The third-order valence-corrected chi connectivity index (χ3v) is 8.12. The first-order chi connectivity index (χ1) is 17.5. The zero-order valence-electron chi connectivity index (χ0n) is 21.5. The summed E-state index contributed by atoms with van der Waals surface area (Å²) in [5.41, 5.74) is 0.623. The second kappa shape index (κ2) is 12.5. The maximum Gasteiger partial charge on any atom is 0.314 e. The van der Waals surface area contributed by atoms with Crippen molar-refractivity contribution in [3.63, 3.8) is 0 Å². The van der Waals surface area contributed by atoms with Crippen molar-refractivity contribution in [2.45, 2.75) is 78.1 Å². The molecule has 0 N–H and O–H groups in total. The number of carbonyl (C=O) groups is 1. The van der Waals surface area contributed by atoms with Crippen molar-refractivity contribution in [3.8, 4) is 22.6 Å². The van der Waals surface area contributed by atoms with E-state index < -0.39 is 11.6 Å². The number of ether oxygens (including phenoxy) is 2. The lowest BCUT2D eigenvalue weighted by molar-refractivity contribution is -0.140. The minimum Gasteiger partial charge on any atom is -0.462 e. The summed E-state index contributed by atoms with van der Waals surface area (Å²) >= 11 is 0. The van der Waals surface area contributed by atoms with Gasteiger partial charge in [-0.05, 0) is 93.0 Å². The molecule has 0 spiro atoms. The summed E-state index contributed by atoms with van der Waals surface area (Å²) < 4.78 is 39.6. The molecular weight excluding hydrogens is 458 g/mol. The highest BCUT2D eigenvalue weighted by molar-refractivity contribution is 5.75. The maximum atomic E-state index is 14.6. The average Bonchev–Trinajstić information content (AvgIpc) is 2.91. The minimum atomic E-state index is -1.04. The summed E-state index contributed by atoms with van der Waals surface area (Å²) in [6, 6.07) is 9.42. The SMILES string of the molecule is C/C=C/Oc1ccc(-c2ccc(OC(=O)C3CCC(C4CCC(CCC)CC4)CC3)cc2)c(F)c1F. The third kappa shape index (κ3) is 6.35. The fourth-order valence-corrected chi connectivity index (χ4v) is 6.07. The molecule has 2 aliphatic carbocycles. The molecule has 0 aromatic heterocycles. The smallest absolute Gasteiger partial charge is 0.314 e. The number of hydrogen-bond donors (Lipinski definition) is 0. The van der Waals surface area contributed by atoms with Gasteiger partial charge in [0.1, 0.15) is 5.75 Å². The van der Waals surface area contributed by atoms with Crippen LogP contribution < -0.4 is 9.47 Å². The van der Waals surface area contributed by atoms with Gasteiger partial charge in [0, 0.05) is 5.56 Å². The van der Waals surface area contributed by atoms with Crippen LogP contribution >= 0.6 is 0 Å². The van der Waals surface area contributed by atoms with Crippen LogP contribution in [0.5, 0.6) is 11.5 Å². The van der Waals surface area contributed by atoms with Gasteiger partial charge >= 0.3 is 5.97 Å². The molecule has 0 unspecified atom stereocenters. The van der Waals surface area contributed by atoms with Crippen molar-refractivity contribution in [1.29, 1.82) is 0 Å². The van der Waals surface area contributed by atoms with Crippen LogP contribution in [-0.4, -0.2) is 5.97 Å². The van der Waals surface area contributed by atoms with Gasteiger partial charge in [-0.2, -0.15) is 4.39 Å². The van der Waals surface area contributed by atoms with Gasteiger partial charge in [-0.1, -0.05) is 50.8 Å². The van der Waals surface area contributed by atoms with Crippen LogP contribution in [-0.2, 0) is 4.79 Å². The van der Waals surface area contributed by atoms with E-state index in [-0.39, 0.29) is 23.2 Å². The largest absolute Gasteiger partial charge is 0.462 e. The molecule has 0 bridgehead atoms. The molecule has 0 radical (unpaired) electrons. The van der Waals surface area contributed by atoms with Crippen LogP contribution in [0.1, 0.15) is 78.1 Å². The molecule has 0 aliphatic heterocycles. The number of esters is 1. The Kier molecular flexibility index (Phi) is 9.17. The predicted octanol–water partition coefficient (Wildman–Crippen LogP) is 8.86. The highest BCUT2D eigenvalue weighted by Crippen LogP contribution is 2.42. The Morgan fingerprint density at radius 3 is 2.14 bits per heavy atom. The minimum absolute atomic E-state index is 0.0615. The summed E-state index contributed by atoms with van der Waals surface area (Å²) in [6.45, 7) is 4.00. The monoisotopic (exact) mass is 496 g/mol. The Morgan fingerprint density at radius 2 is 1.53 bits per heavy atom. The maximum absolute atomic E-state index is 14.6. The zero-order valence-corrected chi connectivity index (χ0v) is 21.5. The molecule has 194 valence electrons. The van der Waals surface area contributed by atoms with E-state index in [0.29, 0.717) is 11.3 Å². The Balaban J connectivity index is 1.29. The molecule has 0 heterocycles. The van der Waals surface area contributed by atoms with Crippen LogP contribution in [0, 0.1) is 35.3 Å². The van der Waals surface area contributed by atoms with Crippen molar-refractivity contribution >= 4 is 5.97 Å². The van der Waals surface area contributed by atoms with E-state index >= 15 is 0 Å². The van der Waals surface area contributed by atoms with E-state index in [4.69, 9.17) is 9.47 Å². The Bertz CT molecular complexity index is 1030. The fourth-order valence-electron chi connectivity index (χ4n) is 6.07. The van der Waals surface area contributed by atoms with E-state index in [9.17, 15) is 13.6 Å². The van der Waals surface area contributed by atoms with Crippen molar-refractivity contribution in [2.24, 2.45) is 23.7 Å². The molecule has 5 heteroatoms. The zero-order chi connectivity index (χ0) is 25.5. The van der Waals surface area contributed by atoms with E-state index in [0.717, 1.165) is 43.4 Å². The topological polar surface area (TPSA) is 35.5 Å². The van der Waals surface area contributed by atoms with E-state index in [1.54, 1.807) is 37.3 Å². The first-order valence-corrected chi connectivity index (χ1v) is 13.6. The molecule has 2 aromatic rings. The highest BCUT2D eigenvalue weighted by atomic mass is 19.2. The number of benzene rings is 2. The lowest BCUT2D eigenvalue weighted by atomic mass is 9.69. The summed E-state index contributed by atoms with van der Waals surface area (Å²) in [4.78, 5) is 12.8. The van der Waals surface area contributed by atoms with Crippen LogP contribution in [0.4, 0.5) is 8.78 Å². The number of carbonyl (C=O) groups excluding carboxylic acids is 1. The molecular formula is C31H38F2O3. The molecule has 0 saturated heterocycles. The predicted molar refractivity (Wildman–Crippen MR) is 139 cm³/mol. The molecule has 36 heavy (non-hydrogen) atoms. The van der Waals surface area contributed by atoms with Crippen LogP contribution in [0.15, 0.2) is 48.7 Å². The summed E-state index contributed by atoms with van der Waals surface area (Å²) in [6.07, 6.45) is 15.0. The molecule has 2 aliphatic rings. The number of halogens is 2. The Labute approximate surface area is 213 Å². The fraction of sp³-hybridized carbons (Fsp3) is 0.516. The van der Waals surface area contributed by atoms with Gasteiger partial charge in [-0.3, -0.25) is 4.79 Å². The lowest BCUT2D eigenvalue weighted by Crippen LogP contribution is -2.30. The van der Waals surface area contributed by atoms with Crippen LogP contribution in [0.25, 0.3) is 11.1 Å². The third-order valence-electron chi connectivity index (χ3n) is 8.12. The van der Waals surface area contributed by atoms with Crippen molar-refractivity contribution in [3.05, 3.63) is 60.4 Å². The lowest BCUT2D eigenvalue weighted by Gasteiger charge is -2.37. The van der Waals surface area contributed by atoms with Crippen molar-refractivity contribution in [2.75, 3.05) is 0 Å². The molecule has 0 amide bonds. The first kappa shape index (κ1) is 26.4. The van der Waals surface area contributed by atoms with Gasteiger partial charge in [0.2, 0.25) is 5.82 Å². The average molecular weight is 497 g/mol. The van der Waals surface area contributed by atoms with E-state index in [2.05, 4.69) is 6.92 Å². The Hall–Kier alpha value is -2.69. The molecule has 2 fully saturated rings. The molecule has 4 rings (SSSR count). The van der Waals surface area contributed by atoms with E-state index in [1.165, 1.54) is 56.9 Å². The summed E-state index contributed by atoms with van der Waals surface area (Å²) in [7, 11) is 0. The van der Waals surface area contributed by atoms with Gasteiger partial charge < -0.3 is 9.47 Å². The summed E-state index contributed by atoms with van der Waals surface area (Å²) in [5.74, 6) is 0.508. The van der Waals surface area contributed by atoms with Gasteiger partial charge in [0.15, 0.2) is 11.6 Å². The second-order valence-electron chi connectivity index (χ2n) is 10.5. The number of rotatable bonds is 8. The van der Waals surface area contributed by atoms with Gasteiger partial charge in [0.05, 0.1) is 12.2 Å². The van der Waals surface area contributed by atoms with Crippen LogP contribution in [0.3, 0.4) is 0 Å². The van der Waals surface area contributed by atoms with Crippen molar-refractivity contribution < 1.29 is 23.0 Å². The van der Waals surface area contributed by atoms with Gasteiger partial charge in [-0.15, -0.1) is 0 Å². The van der Waals surface area contributed by atoms with Gasteiger partial charge in [-0.25, -0.2) is 4.39 Å². The highest BCUT2D eigenvalue weighted by Gasteiger charge is 2.33. The summed E-state index contributed by atoms with van der Waals surface area (Å²) in [5, 5.41) is 0. The molecule has 0 atom stereocenters.